The van der Waals surface area contributed by atoms with Crippen LogP contribution in [0.1, 0.15) is 83.1 Å². The van der Waals surface area contributed by atoms with Crippen molar-refractivity contribution in [2.75, 3.05) is 0 Å². The van der Waals surface area contributed by atoms with Gasteiger partial charge in [0, 0.05) is 70.5 Å². The highest BCUT2D eigenvalue weighted by atomic mass is 79.9. The summed E-state index contributed by atoms with van der Waals surface area (Å²) in [5, 5.41) is 14.4. The Hall–Kier alpha value is -10.9. The summed E-state index contributed by atoms with van der Waals surface area (Å²) in [5.41, 5.74) is 17.1. The number of nitrogens with zero attached hydrogens (tertiary/aromatic N) is 8. The number of benzene rings is 10. The summed E-state index contributed by atoms with van der Waals surface area (Å²) < 4.78 is 66.1. The zero-order valence-corrected chi connectivity index (χ0v) is 55.6. The predicted molar refractivity (Wildman–Crippen MR) is 396 cm³/mol. The van der Waals surface area contributed by atoms with Crippen LogP contribution >= 0.6 is 15.9 Å². The first-order chi connectivity index (χ1) is 48.2. The van der Waals surface area contributed by atoms with E-state index in [1.165, 1.54) is 0 Å². The maximum atomic E-state index is 10.2. The molecule has 0 aliphatic rings. The van der Waals surface area contributed by atoms with Crippen molar-refractivity contribution in [2.45, 2.75) is 79.9 Å². The lowest BCUT2D eigenvalue weighted by molar-refractivity contribution is 0.476. The van der Waals surface area contributed by atoms with Gasteiger partial charge in [0.1, 0.15) is 41.5 Å². The van der Waals surface area contributed by atoms with E-state index in [1.54, 1.807) is 24.5 Å². The van der Waals surface area contributed by atoms with Crippen LogP contribution in [0.25, 0.3) is 111 Å². The number of aromatic hydroxyl groups is 1. The van der Waals surface area contributed by atoms with Gasteiger partial charge in [-0.25, -0.2) is 19.9 Å². The molecule has 10 nitrogen and oxygen atoms in total. The molecule has 0 unspecified atom stereocenters. The SMILES string of the molecule is Brc1cccc(-n2cnc3ccccc32)c1.[2H]C([2H])([2H])c1cc(C(C)(C)C)cc(C)c1-c1ccnc(-n2c3ccccc3c3ccc(O)cc32)c1.[2H]C([2H])([2H])c1cc(C(C)(C)C)cc(C)c1-c1ccnc(-n2c3ccccc3c3ccc(Oc4cccc(-n5cnc6ccccc65)c4)cc32)c1. The van der Waals surface area contributed by atoms with Crippen LogP contribution in [0.3, 0.4) is 0 Å². The van der Waals surface area contributed by atoms with E-state index in [0.717, 1.165) is 120 Å². The number of aromatic nitrogens is 8. The van der Waals surface area contributed by atoms with E-state index in [9.17, 15) is 5.11 Å². The number of para-hydroxylation sites is 6. The van der Waals surface area contributed by atoms with Crippen molar-refractivity contribution in [3.8, 4) is 62.5 Å². The number of ether oxygens (including phenoxy) is 1. The van der Waals surface area contributed by atoms with Gasteiger partial charge >= 0.3 is 0 Å². The van der Waals surface area contributed by atoms with Gasteiger partial charge in [0.15, 0.2) is 0 Å². The maximum absolute atomic E-state index is 10.2. The third kappa shape index (κ3) is 12.0. The molecule has 16 aromatic rings. The Morgan fingerprint density at radius 3 is 1.36 bits per heavy atom. The number of aryl methyl sites for hydroxylation is 4. The molecule has 10 aromatic carbocycles. The second-order valence-electron chi connectivity index (χ2n) is 26.1. The summed E-state index contributed by atoms with van der Waals surface area (Å²) in [5.74, 6) is 2.92. The monoisotopic (exact) mass is 1310 g/mol. The molecule has 11 heteroatoms. The molecule has 0 aliphatic heterocycles. The number of pyridine rings is 2. The highest BCUT2D eigenvalue weighted by Crippen LogP contribution is 2.40. The van der Waals surface area contributed by atoms with E-state index >= 15 is 0 Å². The molecule has 95 heavy (non-hydrogen) atoms. The summed E-state index contributed by atoms with van der Waals surface area (Å²) in [7, 11) is 0. The number of hydrogen-bond donors (Lipinski definition) is 1. The molecule has 6 aromatic heterocycles. The topological polar surface area (TPSA) is 101 Å². The summed E-state index contributed by atoms with van der Waals surface area (Å²) >= 11 is 3.48. The number of imidazole rings is 2. The number of fused-ring (bicyclic) bond motifs is 8. The minimum Gasteiger partial charge on any atom is -0.508 e. The van der Waals surface area contributed by atoms with Gasteiger partial charge in [-0.3, -0.25) is 18.3 Å². The average Bonchev–Trinajstić information content (AvgIpc) is 1.72. The molecule has 0 fully saturated rings. The third-order valence-corrected chi connectivity index (χ3v) is 18.1. The molecule has 0 saturated heterocycles. The summed E-state index contributed by atoms with van der Waals surface area (Å²) in [4.78, 5) is 18.4. The zero-order chi connectivity index (χ0) is 70.9. The number of rotatable bonds is 8. The molecule has 0 radical (unpaired) electrons. The van der Waals surface area contributed by atoms with Crippen molar-refractivity contribution < 1.29 is 18.1 Å². The van der Waals surface area contributed by atoms with Gasteiger partial charge in [-0.05, 0) is 209 Å². The number of hydrogen-bond acceptors (Lipinski definition) is 6. The Morgan fingerprint density at radius 1 is 0.400 bits per heavy atom. The summed E-state index contributed by atoms with van der Waals surface area (Å²) in [6.07, 6.45) is 7.16. The van der Waals surface area contributed by atoms with Crippen LogP contribution in [0.5, 0.6) is 17.2 Å². The normalized spacial score (nSPS) is 13.0. The predicted octanol–water partition coefficient (Wildman–Crippen LogP) is 22.1. The van der Waals surface area contributed by atoms with E-state index in [4.69, 9.17) is 17.9 Å². The van der Waals surface area contributed by atoms with Crippen LogP contribution in [0.15, 0.2) is 260 Å². The number of phenolic OH excluding ortho intramolecular Hbond substituents is 1. The fraction of sp³-hybridized carbons (Fsp3) is 0.143. The van der Waals surface area contributed by atoms with Gasteiger partial charge in [-0.15, -0.1) is 0 Å². The van der Waals surface area contributed by atoms with E-state index in [2.05, 4.69) is 147 Å². The minimum atomic E-state index is -2.29. The quantitative estimate of drug-likeness (QED) is 0.163. The maximum Gasteiger partial charge on any atom is 0.138 e. The Bertz CT molecular complexity index is 5850. The van der Waals surface area contributed by atoms with Crippen molar-refractivity contribution in [3.63, 3.8) is 0 Å². The van der Waals surface area contributed by atoms with Crippen molar-refractivity contribution in [2.24, 2.45) is 0 Å². The van der Waals surface area contributed by atoms with Gasteiger partial charge in [-0.1, -0.05) is 155 Å². The van der Waals surface area contributed by atoms with Crippen molar-refractivity contribution >= 4 is 81.6 Å². The fourth-order valence-electron chi connectivity index (χ4n) is 12.9. The molecule has 6 heterocycles. The second-order valence-corrected chi connectivity index (χ2v) is 27.0. The lowest BCUT2D eigenvalue weighted by atomic mass is 9.83. The number of phenols is 1. The van der Waals surface area contributed by atoms with Crippen LogP contribution in [0, 0.1) is 27.6 Å². The van der Waals surface area contributed by atoms with E-state index in [0.29, 0.717) is 39.8 Å². The fourth-order valence-corrected chi connectivity index (χ4v) is 13.2. The first-order valence-corrected chi connectivity index (χ1v) is 32.4. The van der Waals surface area contributed by atoms with Gasteiger partial charge in [0.25, 0.3) is 0 Å². The molecule has 1 N–H and O–H groups in total. The second kappa shape index (κ2) is 24.9. The van der Waals surface area contributed by atoms with Crippen molar-refractivity contribution in [3.05, 3.63) is 293 Å². The highest BCUT2D eigenvalue weighted by molar-refractivity contribution is 9.10. The van der Waals surface area contributed by atoms with Gasteiger partial charge < -0.3 is 9.84 Å². The average molecular weight is 1310 g/mol. The smallest absolute Gasteiger partial charge is 0.138 e. The molecule has 0 amide bonds. The van der Waals surface area contributed by atoms with Gasteiger partial charge in [0.05, 0.1) is 49.8 Å². The van der Waals surface area contributed by atoms with Crippen LogP contribution in [0.4, 0.5) is 0 Å². The zero-order valence-electron chi connectivity index (χ0n) is 60.1. The van der Waals surface area contributed by atoms with E-state index in [1.807, 2.05) is 189 Å². The lowest BCUT2D eigenvalue weighted by Crippen LogP contribution is -2.12. The summed E-state index contributed by atoms with van der Waals surface area (Å²) in [6.45, 7) is 12.0. The Labute approximate surface area is 570 Å². The molecule has 0 spiro atoms. The Balaban J connectivity index is 0.000000146. The van der Waals surface area contributed by atoms with Crippen molar-refractivity contribution in [1.82, 2.24) is 38.2 Å². The van der Waals surface area contributed by atoms with Gasteiger partial charge in [0.2, 0.25) is 0 Å². The molecule has 0 bridgehead atoms. The van der Waals surface area contributed by atoms with Crippen LogP contribution < -0.4 is 4.74 Å². The highest BCUT2D eigenvalue weighted by Gasteiger charge is 2.22. The van der Waals surface area contributed by atoms with Crippen molar-refractivity contribution in [1.29, 1.82) is 0 Å². The largest absolute Gasteiger partial charge is 0.508 e. The minimum absolute atomic E-state index is 0.169. The Kier molecular flexibility index (Phi) is 14.3. The van der Waals surface area contributed by atoms with Crippen LogP contribution in [0.2, 0.25) is 0 Å². The molecular weight excluding hydrogens is 1230 g/mol. The molecular formula is C84H73BrN8O2. The standard InChI is InChI=1S/C42H36N4O.C29H28N2O.C13H9BrN2/c1-27-21-30(42(3,4)5)22-28(2)41(27)29-19-20-43-40(23-29)46-37-15-8-6-13-34(37)35-18-17-33(25-39(35)46)47-32-12-10-11-31(24-32)45-26-44-36-14-7-9-16-38(36)45;1-18-14-21(29(3,4)5)15-19(2)28(18)20-12-13-30-27(16-20)31-25-9-7-6-8-23(25)24-11-10-22(32)17-26(24)31;14-10-4-3-5-11(8-10)16-9-15-12-6-1-2-7-13(12)16/h6-26H,1-5H3;6-17,32H,1-5H3;1-9H/i2*1D3;. The first-order valence-electron chi connectivity index (χ1n) is 34.6. The summed E-state index contributed by atoms with van der Waals surface area (Å²) in [6, 6.07) is 75.6. The molecule has 468 valence electrons. The van der Waals surface area contributed by atoms with Gasteiger partial charge in [-0.2, -0.15) is 0 Å². The number of halogens is 1. The van der Waals surface area contributed by atoms with E-state index < -0.39 is 13.7 Å². The molecule has 0 aliphatic carbocycles. The first kappa shape index (κ1) is 54.7. The molecule has 16 rings (SSSR count). The Morgan fingerprint density at radius 2 is 0.842 bits per heavy atom. The third-order valence-electron chi connectivity index (χ3n) is 17.6. The molecule has 0 saturated carbocycles. The molecule has 0 atom stereocenters. The van der Waals surface area contributed by atoms with Crippen LogP contribution in [-0.4, -0.2) is 43.3 Å². The lowest BCUT2D eigenvalue weighted by Gasteiger charge is -2.22. The van der Waals surface area contributed by atoms with Crippen LogP contribution in [-0.2, 0) is 10.8 Å². The van der Waals surface area contributed by atoms with E-state index in [-0.39, 0.29) is 16.6 Å².